The molecular weight excluding hydrogens is 277 g/mol. The number of benzene rings is 1. The molecule has 0 saturated carbocycles. The standard InChI is InChI=1S/C12H17ClFNO2S/c1-8-6-11(14)7-9(2)12(8)18(16,17)15-5-4-10(3)13/h6-7,10,15H,4-5H2,1-3H3. The number of nitrogens with one attached hydrogen (secondary N) is 1. The van der Waals surface area contributed by atoms with Crippen LogP contribution in [0.4, 0.5) is 4.39 Å². The zero-order chi connectivity index (χ0) is 13.9. The maximum atomic E-state index is 13.1. The molecule has 0 bridgehead atoms. The van der Waals surface area contributed by atoms with Crippen molar-refractivity contribution in [3.63, 3.8) is 0 Å². The molecule has 1 aromatic rings. The Labute approximate surface area is 112 Å². The summed E-state index contributed by atoms with van der Waals surface area (Å²) in [5.41, 5.74) is 0.804. The summed E-state index contributed by atoms with van der Waals surface area (Å²) >= 11 is 5.75. The minimum Gasteiger partial charge on any atom is -0.211 e. The van der Waals surface area contributed by atoms with Gasteiger partial charge in [0, 0.05) is 11.9 Å². The van der Waals surface area contributed by atoms with Crippen LogP contribution in [-0.2, 0) is 10.0 Å². The van der Waals surface area contributed by atoms with E-state index in [-0.39, 0.29) is 16.8 Å². The first kappa shape index (κ1) is 15.4. The van der Waals surface area contributed by atoms with Gasteiger partial charge in [0.1, 0.15) is 5.82 Å². The summed E-state index contributed by atoms with van der Waals surface area (Å²) in [4.78, 5) is 0.145. The molecule has 0 amide bonds. The van der Waals surface area contributed by atoms with Gasteiger partial charge in [-0.15, -0.1) is 11.6 Å². The molecule has 1 rings (SSSR count). The SMILES string of the molecule is Cc1cc(F)cc(C)c1S(=O)(=O)NCCC(C)Cl. The van der Waals surface area contributed by atoms with Crippen LogP contribution >= 0.6 is 11.6 Å². The molecule has 0 radical (unpaired) electrons. The van der Waals surface area contributed by atoms with Crippen molar-refractivity contribution in [3.8, 4) is 0 Å². The van der Waals surface area contributed by atoms with Gasteiger partial charge in [0.05, 0.1) is 4.90 Å². The topological polar surface area (TPSA) is 46.2 Å². The monoisotopic (exact) mass is 293 g/mol. The minimum atomic E-state index is -3.61. The molecule has 6 heteroatoms. The zero-order valence-electron chi connectivity index (χ0n) is 10.6. The lowest BCUT2D eigenvalue weighted by molar-refractivity contribution is 0.576. The fourth-order valence-electron chi connectivity index (χ4n) is 1.79. The number of hydrogen-bond donors (Lipinski definition) is 1. The molecule has 1 N–H and O–H groups in total. The van der Waals surface area contributed by atoms with Gasteiger partial charge < -0.3 is 0 Å². The summed E-state index contributed by atoms with van der Waals surface area (Å²) in [5.74, 6) is -0.432. The van der Waals surface area contributed by atoms with Crippen molar-refractivity contribution >= 4 is 21.6 Å². The van der Waals surface area contributed by atoms with Gasteiger partial charge in [-0.1, -0.05) is 0 Å². The predicted molar refractivity (Wildman–Crippen MR) is 71.0 cm³/mol. The second-order valence-electron chi connectivity index (χ2n) is 4.34. The van der Waals surface area contributed by atoms with Crippen LogP contribution in [0.25, 0.3) is 0 Å². The summed E-state index contributed by atoms with van der Waals surface area (Å²) < 4.78 is 39.8. The van der Waals surface area contributed by atoms with Crippen molar-refractivity contribution in [1.82, 2.24) is 4.72 Å². The van der Waals surface area contributed by atoms with Crippen molar-refractivity contribution in [1.29, 1.82) is 0 Å². The van der Waals surface area contributed by atoms with Crippen LogP contribution in [0.3, 0.4) is 0 Å². The average molecular weight is 294 g/mol. The van der Waals surface area contributed by atoms with Crippen molar-refractivity contribution < 1.29 is 12.8 Å². The van der Waals surface area contributed by atoms with E-state index < -0.39 is 15.8 Å². The molecule has 0 aliphatic heterocycles. The van der Waals surface area contributed by atoms with E-state index in [1.54, 1.807) is 20.8 Å². The highest BCUT2D eigenvalue weighted by Crippen LogP contribution is 2.21. The molecule has 0 aliphatic rings. The molecule has 102 valence electrons. The van der Waals surface area contributed by atoms with E-state index in [1.807, 2.05) is 0 Å². The van der Waals surface area contributed by atoms with Gasteiger partial charge in [-0.25, -0.2) is 17.5 Å². The third-order valence-electron chi connectivity index (χ3n) is 2.53. The van der Waals surface area contributed by atoms with Crippen LogP contribution < -0.4 is 4.72 Å². The maximum absolute atomic E-state index is 13.1. The van der Waals surface area contributed by atoms with E-state index in [1.165, 1.54) is 12.1 Å². The highest BCUT2D eigenvalue weighted by molar-refractivity contribution is 7.89. The van der Waals surface area contributed by atoms with Crippen LogP contribution in [0.1, 0.15) is 24.5 Å². The molecule has 0 saturated heterocycles. The smallest absolute Gasteiger partial charge is 0.211 e. The Kier molecular flexibility index (Phi) is 5.13. The molecule has 0 spiro atoms. The Hall–Kier alpha value is -0.650. The van der Waals surface area contributed by atoms with Crippen molar-refractivity contribution in [2.45, 2.75) is 37.5 Å². The molecular formula is C12H17ClFNO2S. The fraction of sp³-hybridized carbons (Fsp3) is 0.500. The van der Waals surface area contributed by atoms with Gasteiger partial charge in [0.25, 0.3) is 0 Å². The van der Waals surface area contributed by atoms with E-state index in [0.29, 0.717) is 17.5 Å². The van der Waals surface area contributed by atoms with Crippen LogP contribution in [-0.4, -0.2) is 20.3 Å². The molecule has 18 heavy (non-hydrogen) atoms. The van der Waals surface area contributed by atoms with E-state index in [2.05, 4.69) is 4.72 Å². The molecule has 0 heterocycles. The van der Waals surface area contributed by atoms with Crippen molar-refractivity contribution in [2.75, 3.05) is 6.54 Å². The Morgan fingerprint density at radius 1 is 1.33 bits per heavy atom. The molecule has 1 aromatic carbocycles. The summed E-state index contributed by atoms with van der Waals surface area (Å²) in [7, 11) is -3.61. The third kappa shape index (κ3) is 3.93. The first-order chi connectivity index (χ1) is 8.24. The number of hydrogen-bond acceptors (Lipinski definition) is 2. The molecule has 0 aliphatic carbocycles. The van der Waals surface area contributed by atoms with Gasteiger partial charge >= 0.3 is 0 Å². The van der Waals surface area contributed by atoms with E-state index in [0.717, 1.165) is 0 Å². The first-order valence-corrected chi connectivity index (χ1v) is 7.56. The molecule has 1 atom stereocenters. The minimum absolute atomic E-state index is 0.0943. The van der Waals surface area contributed by atoms with Gasteiger partial charge in [-0.05, 0) is 50.5 Å². The summed E-state index contributed by atoms with van der Waals surface area (Å²) in [6.45, 7) is 5.22. The van der Waals surface area contributed by atoms with E-state index >= 15 is 0 Å². The number of alkyl halides is 1. The van der Waals surface area contributed by atoms with E-state index in [9.17, 15) is 12.8 Å². The lowest BCUT2D eigenvalue weighted by atomic mass is 10.1. The lowest BCUT2D eigenvalue weighted by Crippen LogP contribution is -2.27. The second kappa shape index (κ2) is 5.99. The largest absolute Gasteiger partial charge is 0.241 e. The maximum Gasteiger partial charge on any atom is 0.241 e. The molecule has 0 aromatic heterocycles. The Balaban J connectivity index is 2.99. The van der Waals surface area contributed by atoms with E-state index in [4.69, 9.17) is 11.6 Å². The van der Waals surface area contributed by atoms with Gasteiger partial charge in [0.15, 0.2) is 0 Å². The van der Waals surface area contributed by atoms with Gasteiger partial charge in [-0.3, -0.25) is 0 Å². The third-order valence-corrected chi connectivity index (χ3v) is 4.51. The highest BCUT2D eigenvalue weighted by Gasteiger charge is 2.19. The highest BCUT2D eigenvalue weighted by atomic mass is 35.5. The number of halogens is 2. The van der Waals surface area contributed by atoms with Crippen LogP contribution in [0, 0.1) is 19.7 Å². The van der Waals surface area contributed by atoms with Crippen LogP contribution in [0.5, 0.6) is 0 Å². The van der Waals surface area contributed by atoms with Gasteiger partial charge in [0.2, 0.25) is 10.0 Å². The molecule has 1 unspecified atom stereocenters. The van der Waals surface area contributed by atoms with Gasteiger partial charge in [-0.2, -0.15) is 0 Å². The Morgan fingerprint density at radius 2 is 1.83 bits per heavy atom. The Bertz CT molecular complexity index is 506. The predicted octanol–water partition coefficient (Wildman–Crippen LogP) is 2.74. The quantitative estimate of drug-likeness (QED) is 0.849. The van der Waals surface area contributed by atoms with Crippen molar-refractivity contribution in [3.05, 3.63) is 29.1 Å². The molecule has 0 fully saturated rings. The summed E-state index contributed by atoms with van der Waals surface area (Å²) in [6.07, 6.45) is 0.542. The fourth-order valence-corrected chi connectivity index (χ4v) is 3.39. The number of aryl methyl sites for hydroxylation is 2. The number of sulfonamides is 1. The second-order valence-corrected chi connectivity index (χ2v) is 6.78. The average Bonchev–Trinajstić information content (AvgIpc) is 2.13. The lowest BCUT2D eigenvalue weighted by Gasteiger charge is -2.12. The van der Waals surface area contributed by atoms with Crippen LogP contribution in [0.2, 0.25) is 0 Å². The first-order valence-electron chi connectivity index (χ1n) is 5.64. The number of rotatable bonds is 5. The Morgan fingerprint density at radius 3 is 2.28 bits per heavy atom. The summed E-state index contributed by atoms with van der Waals surface area (Å²) in [5, 5.41) is -0.0943. The summed E-state index contributed by atoms with van der Waals surface area (Å²) in [6, 6.07) is 2.43. The zero-order valence-corrected chi connectivity index (χ0v) is 12.2. The normalized spacial score (nSPS) is 13.6. The van der Waals surface area contributed by atoms with Crippen molar-refractivity contribution in [2.24, 2.45) is 0 Å². The van der Waals surface area contributed by atoms with Crippen LogP contribution in [0.15, 0.2) is 17.0 Å². The molecule has 3 nitrogen and oxygen atoms in total.